The Hall–Kier alpha value is -2.07. The van der Waals surface area contributed by atoms with Crippen LogP contribution in [0.5, 0.6) is 0 Å². The third-order valence-corrected chi connectivity index (χ3v) is 5.76. The van der Waals surface area contributed by atoms with Crippen LogP contribution in [-0.4, -0.2) is 44.2 Å². The summed E-state index contributed by atoms with van der Waals surface area (Å²) < 4.78 is 35.2. The number of rotatable bonds is 9. The van der Waals surface area contributed by atoms with E-state index in [1.165, 1.54) is 0 Å². The molecule has 0 spiro atoms. The number of carbonyl (C=O) groups is 1. The Bertz CT molecular complexity index is 936. The predicted molar refractivity (Wildman–Crippen MR) is 103 cm³/mol. The second-order valence-corrected chi connectivity index (χ2v) is 9.93. The maximum absolute atomic E-state index is 12.7. The molecule has 2 N–H and O–H groups in total. The first-order valence-electron chi connectivity index (χ1n) is 8.98. The molecule has 1 unspecified atom stereocenters. The first-order chi connectivity index (χ1) is 13.6. The minimum Gasteiger partial charge on any atom is -0.438 e. The fourth-order valence-electron chi connectivity index (χ4n) is 2.49. The predicted octanol–water partition coefficient (Wildman–Crippen LogP) is 2.48. The molecule has 2 heterocycles. The normalized spacial score (nSPS) is 17.8. The summed E-state index contributed by atoms with van der Waals surface area (Å²) in [5.74, 6) is -0.334. The van der Waals surface area contributed by atoms with Crippen LogP contribution in [0.4, 0.5) is 5.95 Å². The van der Waals surface area contributed by atoms with Gasteiger partial charge in [-0.2, -0.15) is 4.98 Å². The molecule has 3 rings (SSSR count). The lowest BCUT2D eigenvalue weighted by Gasteiger charge is -2.22. The number of nitrogens with two attached hydrogens (primary N) is 1. The minimum atomic E-state index is -3.69. The molecular weight excluding hydrogens is 401 g/mol. The molecule has 1 aliphatic carbocycles. The number of imidazole rings is 1. The molecule has 29 heavy (non-hydrogen) atoms. The van der Waals surface area contributed by atoms with E-state index in [9.17, 15) is 9.36 Å². The molecule has 1 fully saturated rings. The molecule has 0 saturated heterocycles. The van der Waals surface area contributed by atoms with E-state index in [0.29, 0.717) is 17.7 Å². The Labute approximate surface area is 168 Å². The van der Waals surface area contributed by atoms with Gasteiger partial charge in [-0.05, 0) is 33.6 Å². The van der Waals surface area contributed by atoms with E-state index in [1.54, 1.807) is 33.3 Å². The lowest BCUT2D eigenvalue weighted by molar-refractivity contribution is -0.160. The standard InChI is InChI=1S/C17H25N5O6P/c1-16(2,3)14(23)26-10-28-29(24,25-4)11-27-17(5-6-17)8-22-9-20-12-7-19-15(18)21-13(12)22/h7,9H,4-6,8,10-11H2,1-3H3,(H2,18,19,21). The highest BCUT2D eigenvalue weighted by Crippen LogP contribution is 2.52. The number of anilines is 1. The van der Waals surface area contributed by atoms with Crippen molar-refractivity contribution in [2.75, 3.05) is 18.9 Å². The monoisotopic (exact) mass is 426 g/mol. The summed E-state index contributed by atoms with van der Waals surface area (Å²) in [5.41, 5.74) is 5.61. The van der Waals surface area contributed by atoms with E-state index in [-0.39, 0.29) is 12.3 Å². The van der Waals surface area contributed by atoms with Crippen LogP contribution in [0.1, 0.15) is 33.6 Å². The maximum atomic E-state index is 12.7. The molecular formula is C17H25N5O6P. The van der Waals surface area contributed by atoms with Gasteiger partial charge in [0.05, 0.1) is 37.2 Å². The van der Waals surface area contributed by atoms with Crippen LogP contribution >= 0.6 is 7.60 Å². The van der Waals surface area contributed by atoms with Crippen LogP contribution in [0.2, 0.25) is 0 Å². The van der Waals surface area contributed by atoms with Crippen LogP contribution in [0.3, 0.4) is 0 Å². The third kappa shape index (κ3) is 5.30. The number of carbonyl (C=O) groups excluding carboxylic acids is 1. The van der Waals surface area contributed by atoms with E-state index in [4.69, 9.17) is 24.3 Å². The van der Waals surface area contributed by atoms with E-state index in [2.05, 4.69) is 22.1 Å². The Morgan fingerprint density at radius 2 is 2.10 bits per heavy atom. The quantitative estimate of drug-likeness (QED) is 0.361. The Kier molecular flexibility index (Phi) is 5.96. The molecule has 11 nitrogen and oxygen atoms in total. The van der Waals surface area contributed by atoms with E-state index >= 15 is 0 Å². The summed E-state index contributed by atoms with van der Waals surface area (Å²) in [6.45, 7) is 5.03. The average molecular weight is 426 g/mol. The summed E-state index contributed by atoms with van der Waals surface area (Å²) in [7, 11) is -0.495. The van der Waals surface area contributed by atoms with Crippen molar-refractivity contribution in [3.63, 3.8) is 0 Å². The van der Waals surface area contributed by atoms with Crippen molar-refractivity contribution < 1.29 is 27.9 Å². The molecule has 159 valence electrons. The summed E-state index contributed by atoms with van der Waals surface area (Å²) in [4.78, 5) is 24.1. The number of fused-ring (bicyclic) bond motifs is 1. The second-order valence-electron chi connectivity index (χ2n) is 7.93. The van der Waals surface area contributed by atoms with Crippen molar-refractivity contribution in [1.82, 2.24) is 19.5 Å². The lowest BCUT2D eigenvalue weighted by Crippen LogP contribution is -2.25. The van der Waals surface area contributed by atoms with Crippen molar-refractivity contribution in [1.29, 1.82) is 0 Å². The molecule has 0 amide bonds. The Balaban J connectivity index is 1.57. The van der Waals surface area contributed by atoms with Gasteiger partial charge in [0.1, 0.15) is 11.9 Å². The molecule has 2 aromatic heterocycles. The third-order valence-electron chi connectivity index (χ3n) is 4.42. The number of nitrogen functional groups attached to an aromatic ring is 1. The van der Waals surface area contributed by atoms with Gasteiger partial charge in [0.25, 0.3) is 0 Å². The van der Waals surface area contributed by atoms with Crippen molar-refractivity contribution in [2.24, 2.45) is 5.41 Å². The van der Waals surface area contributed by atoms with Gasteiger partial charge < -0.3 is 24.3 Å². The Morgan fingerprint density at radius 3 is 2.72 bits per heavy atom. The van der Waals surface area contributed by atoms with Crippen molar-refractivity contribution in [3.05, 3.63) is 19.6 Å². The van der Waals surface area contributed by atoms with Crippen molar-refractivity contribution in [3.8, 4) is 0 Å². The van der Waals surface area contributed by atoms with Crippen LogP contribution < -0.4 is 5.73 Å². The number of ether oxygens (including phenoxy) is 2. The van der Waals surface area contributed by atoms with Crippen LogP contribution in [0.25, 0.3) is 11.2 Å². The average Bonchev–Trinajstić information content (AvgIpc) is 3.33. The number of esters is 1. The molecule has 2 aromatic rings. The minimum absolute atomic E-state index is 0.151. The van der Waals surface area contributed by atoms with Gasteiger partial charge in [0, 0.05) is 0 Å². The van der Waals surface area contributed by atoms with E-state index < -0.39 is 31.4 Å². The number of hydrogen-bond acceptors (Lipinski definition) is 10. The van der Waals surface area contributed by atoms with Gasteiger partial charge in [-0.3, -0.25) is 13.9 Å². The van der Waals surface area contributed by atoms with Gasteiger partial charge >= 0.3 is 13.6 Å². The number of aromatic nitrogens is 4. The lowest BCUT2D eigenvalue weighted by atomic mass is 9.98. The topological polar surface area (TPSA) is 141 Å². The SMILES string of the molecule is [CH2]OP(=O)(COC1(Cn2cnc3cnc(N)nc32)CC1)OCOC(=O)C(C)(C)C. The summed E-state index contributed by atoms with van der Waals surface area (Å²) in [5, 5.41) is 0. The van der Waals surface area contributed by atoms with Gasteiger partial charge in [-0.25, -0.2) is 9.97 Å². The first kappa shape index (κ1) is 21.6. The van der Waals surface area contributed by atoms with E-state index in [0.717, 1.165) is 12.8 Å². The van der Waals surface area contributed by atoms with Gasteiger partial charge in [0.15, 0.2) is 5.65 Å². The largest absolute Gasteiger partial charge is 0.438 e. The molecule has 0 bridgehead atoms. The van der Waals surface area contributed by atoms with Crippen LogP contribution in [0.15, 0.2) is 12.5 Å². The summed E-state index contributed by atoms with van der Waals surface area (Å²) >= 11 is 0. The zero-order valence-corrected chi connectivity index (χ0v) is 17.6. The summed E-state index contributed by atoms with van der Waals surface area (Å²) in [6.07, 6.45) is 4.36. The molecule has 1 radical (unpaired) electrons. The van der Waals surface area contributed by atoms with Crippen LogP contribution in [-0.2, 0) is 34.4 Å². The highest BCUT2D eigenvalue weighted by molar-refractivity contribution is 7.53. The van der Waals surface area contributed by atoms with Gasteiger partial charge in [-0.1, -0.05) is 0 Å². The number of hydrogen-bond donors (Lipinski definition) is 1. The molecule has 1 atom stereocenters. The fraction of sp³-hybridized carbons (Fsp3) is 0.588. The van der Waals surface area contributed by atoms with E-state index in [1.807, 2.05) is 4.57 Å². The van der Waals surface area contributed by atoms with Crippen molar-refractivity contribution >= 4 is 30.7 Å². The first-order valence-corrected chi connectivity index (χ1v) is 10.7. The highest BCUT2D eigenvalue weighted by Gasteiger charge is 2.46. The fourth-order valence-corrected chi connectivity index (χ4v) is 3.36. The summed E-state index contributed by atoms with van der Waals surface area (Å²) in [6, 6.07) is 0. The Morgan fingerprint density at radius 1 is 1.38 bits per heavy atom. The van der Waals surface area contributed by atoms with Gasteiger partial charge in [-0.15, -0.1) is 0 Å². The maximum Gasteiger partial charge on any atom is 0.359 e. The second kappa shape index (κ2) is 7.98. The van der Waals surface area contributed by atoms with Crippen molar-refractivity contribution in [2.45, 2.75) is 45.8 Å². The molecule has 1 saturated carbocycles. The van der Waals surface area contributed by atoms with Crippen LogP contribution in [0, 0.1) is 12.5 Å². The smallest absolute Gasteiger partial charge is 0.359 e. The zero-order chi connectivity index (χ0) is 21.3. The molecule has 12 heteroatoms. The highest BCUT2D eigenvalue weighted by atomic mass is 31.2. The van der Waals surface area contributed by atoms with Gasteiger partial charge in [0.2, 0.25) is 12.7 Å². The molecule has 0 aliphatic heterocycles. The number of nitrogens with zero attached hydrogens (tertiary/aromatic N) is 4. The molecule has 0 aromatic carbocycles. The molecule has 1 aliphatic rings. The zero-order valence-electron chi connectivity index (χ0n) is 16.7.